The van der Waals surface area contributed by atoms with Crippen molar-refractivity contribution < 1.29 is 18.4 Å². The molecule has 1 atom stereocenters. The molecule has 1 N–H and O–H groups in total. The Hall–Kier alpha value is -4.23. The van der Waals surface area contributed by atoms with Gasteiger partial charge in [-0.15, -0.1) is 0 Å². The van der Waals surface area contributed by atoms with Crippen LogP contribution in [0.25, 0.3) is 21.9 Å². The highest BCUT2D eigenvalue weighted by molar-refractivity contribution is 6.31. The minimum absolute atomic E-state index is 0.0697. The van der Waals surface area contributed by atoms with Gasteiger partial charge in [0.15, 0.2) is 5.82 Å². The summed E-state index contributed by atoms with van der Waals surface area (Å²) in [5, 5.41) is 8.90. The predicted octanol–water partition coefficient (Wildman–Crippen LogP) is 6.71. The molecule has 4 aromatic carbocycles. The highest BCUT2D eigenvalue weighted by Crippen LogP contribution is 2.29. The van der Waals surface area contributed by atoms with E-state index in [0.29, 0.717) is 29.4 Å². The van der Waals surface area contributed by atoms with Crippen LogP contribution in [0.2, 0.25) is 5.02 Å². The number of aromatic nitrogens is 2. The van der Waals surface area contributed by atoms with Crippen LogP contribution in [0.1, 0.15) is 33.7 Å². The molecule has 6 nitrogen and oxygen atoms in total. The molecule has 0 bridgehead atoms. The van der Waals surface area contributed by atoms with Crippen LogP contribution in [0, 0.1) is 12.7 Å². The second-order valence-electron chi connectivity index (χ2n) is 8.64. The first kappa shape index (κ1) is 24.5. The van der Waals surface area contributed by atoms with E-state index < -0.39 is 11.9 Å². The topological polar surface area (TPSA) is 77.2 Å². The lowest BCUT2D eigenvalue weighted by Crippen LogP contribution is -2.30. The number of hydrogen-bond donors (Lipinski definition) is 1. The minimum Gasteiger partial charge on any atom is -0.496 e. The van der Waals surface area contributed by atoms with Crippen LogP contribution in [-0.4, -0.2) is 23.2 Å². The number of halogens is 2. The number of nitrogens with zero attached hydrogens (tertiary/aromatic N) is 2. The maximum Gasteiger partial charge on any atom is 0.255 e. The standard InChI is InChI=1S/C29H23ClFN3O3/c1-17-32-29(37-34-17)26(13-18-7-9-19(10-8-18)22-11-12-25(31)24(30)15-22)33-28(35)23-14-20-5-3-4-6-21(20)16-27(23)36-2/h3-12,14-16,26H,13H2,1-2H3,(H,33,35)/t26-/m1/s1. The SMILES string of the molecule is COc1cc2ccccc2cc1C(=O)N[C@H](Cc1ccc(-c2ccc(F)c(Cl)c2)cc1)c1nc(C)no1. The van der Waals surface area contributed by atoms with Gasteiger partial charge in [-0.1, -0.05) is 71.4 Å². The molecule has 0 saturated heterocycles. The molecule has 37 heavy (non-hydrogen) atoms. The Morgan fingerprint density at radius 2 is 1.73 bits per heavy atom. The van der Waals surface area contributed by atoms with Crippen molar-refractivity contribution in [3.63, 3.8) is 0 Å². The van der Waals surface area contributed by atoms with Gasteiger partial charge in [-0.3, -0.25) is 4.79 Å². The summed E-state index contributed by atoms with van der Waals surface area (Å²) >= 11 is 5.94. The largest absolute Gasteiger partial charge is 0.496 e. The van der Waals surface area contributed by atoms with E-state index in [1.807, 2.05) is 60.7 Å². The van der Waals surface area contributed by atoms with Crippen LogP contribution in [0.3, 0.4) is 0 Å². The monoisotopic (exact) mass is 515 g/mol. The van der Waals surface area contributed by atoms with Crippen molar-refractivity contribution in [1.29, 1.82) is 0 Å². The highest BCUT2D eigenvalue weighted by atomic mass is 35.5. The van der Waals surface area contributed by atoms with Gasteiger partial charge in [-0.25, -0.2) is 4.39 Å². The molecule has 5 aromatic rings. The molecule has 0 fully saturated rings. The molecule has 8 heteroatoms. The van der Waals surface area contributed by atoms with Crippen LogP contribution >= 0.6 is 11.6 Å². The molecule has 0 spiro atoms. The first-order valence-electron chi connectivity index (χ1n) is 11.6. The highest BCUT2D eigenvalue weighted by Gasteiger charge is 2.24. The van der Waals surface area contributed by atoms with E-state index in [-0.39, 0.29) is 10.9 Å². The summed E-state index contributed by atoms with van der Waals surface area (Å²) in [6.07, 6.45) is 0.410. The van der Waals surface area contributed by atoms with E-state index in [1.165, 1.54) is 13.2 Å². The van der Waals surface area contributed by atoms with Crippen molar-refractivity contribution in [2.24, 2.45) is 0 Å². The van der Waals surface area contributed by atoms with Gasteiger partial charge in [0, 0.05) is 6.42 Å². The first-order valence-corrected chi connectivity index (χ1v) is 12.0. The zero-order chi connectivity index (χ0) is 25.9. The van der Waals surface area contributed by atoms with E-state index in [9.17, 15) is 9.18 Å². The third-order valence-electron chi connectivity index (χ3n) is 6.11. The quantitative estimate of drug-likeness (QED) is 0.260. The normalized spacial score (nSPS) is 11.9. The second-order valence-corrected chi connectivity index (χ2v) is 9.04. The van der Waals surface area contributed by atoms with Crippen LogP contribution in [0.5, 0.6) is 5.75 Å². The summed E-state index contributed by atoms with van der Waals surface area (Å²) in [5.41, 5.74) is 3.04. The molecule has 0 radical (unpaired) electrons. The minimum atomic E-state index is -0.573. The molecular formula is C29H23ClFN3O3. The van der Waals surface area contributed by atoms with Crippen LogP contribution < -0.4 is 10.1 Å². The number of ether oxygens (including phenoxy) is 1. The molecule has 186 valence electrons. The van der Waals surface area contributed by atoms with E-state index >= 15 is 0 Å². The second kappa shape index (κ2) is 10.4. The molecule has 0 saturated carbocycles. The molecule has 0 unspecified atom stereocenters. The summed E-state index contributed by atoms with van der Waals surface area (Å²) in [7, 11) is 1.54. The van der Waals surface area contributed by atoms with Crippen LogP contribution in [0.4, 0.5) is 4.39 Å². The molecule has 1 aromatic heterocycles. The smallest absolute Gasteiger partial charge is 0.255 e. The molecule has 0 aliphatic heterocycles. The number of nitrogens with one attached hydrogen (secondary N) is 1. The van der Waals surface area contributed by atoms with Crippen LogP contribution in [0.15, 0.2) is 83.4 Å². The fourth-order valence-corrected chi connectivity index (χ4v) is 4.38. The van der Waals surface area contributed by atoms with Crippen molar-refractivity contribution in [1.82, 2.24) is 15.5 Å². The number of fused-ring (bicyclic) bond motifs is 1. The molecule has 0 aliphatic rings. The fourth-order valence-electron chi connectivity index (χ4n) is 4.20. The number of amides is 1. The van der Waals surface area contributed by atoms with Crippen molar-refractivity contribution in [3.8, 4) is 16.9 Å². The number of carbonyl (C=O) groups excluding carboxylic acids is 1. The molecule has 0 aliphatic carbocycles. The van der Waals surface area contributed by atoms with Gasteiger partial charge in [0.1, 0.15) is 17.6 Å². The summed E-state index contributed by atoms with van der Waals surface area (Å²) in [4.78, 5) is 17.8. The summed E-state index contributed by atoms with van der Waals surface area (Å²) in [5.74, 6) is 0.472. The average molecular weight is 516 g/mol. The number of hydrogen-bond acceptors (Lipinski definition) is 5. The van der Waals surface area contributed by atoms with Gasteiger partial charge in [0.2, 0.25) is 5.89 Å². The number of rotatable bonds is 7. The number of methoxy groups -OCH3 is 1. The van der Waals surface area contributed by atoms with Crippen molar-refractivity contribution in [2.75, 3.05) is 7.11 Å². The average Bonchev–Trinajstić information content (AvgIpc) is 3.35. The molecule has 1 amide bonds. The van der Waals surface area contributed by atoms with Gasteiger partial charge < -0.3 is 14.6 Å². The van der Waals surface area contributed by atoms with Gasteiger partial charge >= 0.3 is 0 Å². The summed E-state index contributed by atoms with van der Waals surface area (Å²) in [6.45, 7) is 1.72. The van der Waals surface area contributed by atoms with Gasteiger partial charge in [-0.05, 0) is 58.7 Å². The zero-order valence-electron chi connectivity index (χ0n) is 20.2. The Labute approximate surface area is 218 Å². The van der Waals surface area contributed by atoms with Crippen molar-refractivity contribution >= 4 is 28.3 Å². The summed E-state index contributed by atoms with van der Waals surface area (Å²) < 4.78 is 24.5. The Balaban J connectivity index is 1.41. The lowest BCUT2D eigenvalue weighted by molar-refractivity contribution is 0.0925. The van der Waals surface area contributed by atoms with E-state index in [2.05, 4.69) is 15.5 Å². The maximum absolute atomic E-state index is 13.5. The van der Waals surface area contributed by atoms with Gasteiger partial charge in [-0.2, -0.15) is 4.98 Å². The van der Waals surface area contributed by atoms with Gasteiger partial charge in [0.05, 0.1) is 17.7 Å². The molecule has 5 rings (SSSR count). The third-order valence-corrected chi connectivity index (χ3v) is 6.40. The van der Waals surface area contributed by atoms with Crippen molar-refractivity contribution in [3.05, 3.63) is 113 Å². The number of carbonyl (C=O) groups is 1. The van der Waals surface area contributed by atoms with E-state index in [4.69, 9.17) is 20.9 Å². The summed E-state index contributed by atoms with van der Waals surface area (Å²) in [6, 6.07) is 23.2. The lowest BCUT2D eigenvalue weighted by atomic mass is 10.00. The number of aryl methyl sites for hydroxylation is 1. The van der Waals surface area contributed by atoms with E-state index in [1.54, 1.807) is 19.1 Å². The lowest BCUT2D eigenvalue weighted by Gasteiger charge is -2.17. The maximum atomic E-state index is 13.5. The zero-order valence-corrected chi connectivity index (χ0v) is 20.9. The Kier molecular flexibility index (Phi) is 6.88. The third kappa shape index (κ3) is 5.32. The van der Waals surface area contributed by atoms with Crippen molar-refractivity contribution in [2.45, 2.75) is 19.4 Å². The van der Waals surface area contributed by atoms with Gasteiger partial charge in [0.25, 0.3) is 5.91 Å². The van der Waals surface area contributed by atoms with Crippen LogP contribution in [-0.2, 0) is 6.42 Å². The van der Waals surface area contributed by atoms with E-state index in [0.717, 1.165) is 27.5 Å². The number of benzene rings is 4. The molecular weight excluding hydrogens is 493 g/mol. The Bertz CT molecular complexity index is 1580. The Morgan fingerprint density at radius 3 is 2.38 bits per heavy atom. The predicted molar refractivity (Wildman–Crippen MR) is 140 cm³/mol. The Morgan fingerprint density at radius 1 is 1.03 bits per heavy atom. The fraction of sp³-hybridized carbons (Fsp3) is 0.138. The molecule has 1 heterocycles. The first-order chi connectivity index (χ1) is 17.9.